The Balaban J connectivity index is 2.68. The Hall–Kier alpha value is -1.08. The van der Waals surface area contributed by atoms with Crippen LogP contribution in [0.4, 0.5) is 0 Å². The van der Waals surface area contributed by atoms with Crippen molar-refractivity contribution in [2.24, 2.45) is 11.1 Å². The molecule has 1 saturated carbocycles. The number of hydrogen-bond acceptors (Lipinski definition) is 3. The lowest BCUT2D eigenvalue weighted by molar-refractivity contribution is -0.134. The van der Waals surface area contributed by atoms with E-state index in [0.717, 1.165) is 12.8 Å². The standard InChI is InChI=1S/C11H19N3O/c1-11(2,3)9(13)10(15)14(7-6-12)8-4-5-8/h8-9H,4-5,7,13H2,1-3H3. The average molecular weight is 209 g/mol. The smallest absolute Gasteiger partial charge is 0.241 e. The number of nitrogens with zero attached hydrogens (tertiary/aromatic N) is 2. The summed E-state index contributed by atoms with van der Waals surface area (Å²) in [4.78, 5) is 13.6. The Morgan fingerprint density at radius 2 is 2.13 bits per heavy atom. The molecule has 0 aliphatic heterocycles. The Bertz CT molecular complexity index is 283. The lowest BCUT2D eigenvalue weighted by Crippen LogP contribution is -2.51. The van der Waals surface area contributed by atoms with Crippen molar-refractivity contribution in [3.8, 4) is 6.07 Å². The van der Waals surface area contributed by atoms with Crippen molar-refractivity contribution in [3.05, 3.63) is 0 Å². The molecule has 4 heteroatoms. The topological polar surface area (TPSA) is 70.1 Å². The highest BCUT2D eigenvalue weighted by Crippen LogP contribution is 2.29. The largest absolute Gasteiger partial charge is 0.325 e. The Labute approximate surface area is 91.0 Å². The minimum Gasteiger partial charge on any atom is -0.325 e. The number of rotatable bonds is 3. The van der Waals surface area contributed by atoms with E-state index in [0.29, 0.717) is 0 Å². The Morgan fingerprint density at radius 1 is 1.60 bits per heavy atom. The summed E-state index contributed by atoms with van der Waals surface area (Å²) >= 11 is 0. The zero-order valence-corrected chi connectivity index (χ0v) is 9.66. The van der Waals surface area contributed by atoms with Crippen LogP contribution in [0, 0.1) is 16.7 Å². The van der Waals surface area contributed by atoms with Crippen molar-refractivity contribution < 1.29 is 4.79 Å². The van der Waals surface area contributed by atoms with Crippen molar-refractivity contribution >= 4 is 5.91 Å². The molecule has 15 heavy (non-hydrogen) atoms. The number of carbonyl (C=O) groups is 1. The first-order valence-electron chi connectivity index (χ1n) is 5.31. The molecule has 0 saturated heterocycles. The number of nitrogens with two attached hydrogens (primary N) is 1. The van der Waals surface area contributed by atoms with Crippen LogP contribution in [0.15, 0.2) is 0 Å². The maximum atomic E-state index is 12.0. The molecule has 84 valence electrons. The van der Waals surface area contributed by atoms with E-state index in [1.165, 1.54) is 0 Å². The van der Waals surface area contributed by atoms with E-state index in [-0.39, 0.29) is 23.9 Å². The van der Waals surface area contributed by atoms with Gasteiger partial charge in [-0.2, -0.15) is 5.26 Å². The SMILES string of the molecule is CC(C)(C)C(N)C(=O)N(CC#N)C1CC1. The van der Waals surface area contributed by atoms with Crippen LogP contribution in [0.3, 0.4) is 0 Å². The van der Waals surface area contributed by atoms with Gasteiger partial charge < -0.3 is 10.6 Å². The van der Waals surface area contributed by atoms with Gasteiger partial charge in [-0.1, -0.05) is 20.8 Å². The zero-order valence-electron chi connectivity index (χ0n) is 9.66. The quantitative estimate of drug-likeness (QED) is 0.701. The molecule has 1 atom stereocenters. The molecule has 0 aromatic heterocycles. The Morgan fingerprint density at radius 3 is 2.47 bits per heavy atom. The number of carbonyl (C=O) groups excluding carboxylic acids is 1. The molecule has 4 nitrogen and oxygen atoms in total. The highest BCUT2D eigenvalue weighted by atomic mass is 16.2. The van der Waals surface area contributed by atoms with E-state index in [1.54, 1.807) is 4.90 Å². The molecular formula is C11H19N3O. The van der Waals surface area contributed by atoms with Gasteiger partial charge in [0.1, 0.15) is 6.54 Å². The lowest BCUT2D eigenvalue weighted by Gasteiger charge is -2.30. The third-order valence-corrected chi connectivity index (χ3v) is 2.71. The summed E-state index contributed by atoms with van der Waals surface area (Å²) in [6.45, 7) is 5.97. The second kappa shape index (κ2) is 4.19. The van der Waals surface area contributed by atoms with Gasteiger partial charge >= 0.3 is 0 Å². The van der Waals surface area contributed by atoms with Crippen LogP contribution in [-0.4, -0.2) is 29.4 Å². The number of nitriles is 1. The van der Waals surface area contributed by atoms with E-state index in [4.69, 9.17) is 11.0 Å². The van der Waals surface area contributed by atoms with Crippen LogP contribution in [0.1, 0.15) is 33.6 Å². The summed E-state index contributed by atoms with van der Waals surface area (Å²) in [5, 5.41) is 8.66. The van der Waals surface area contributed by atoms with E-state index >= 15 is 0 Å². The van der Waals surface area contributed by atoms with Gasteiger partial charge in [-0.15, -0.1) is 0 Å². The van der Waals surface area contributed by atoms with Crippen LogP contribution in [-0.2, 0) is 4.79 Å². The molecule has 0 bridgehead atoms. The van der Waals surface area contributed by atoms with Crippen molar-refractivity contribution in [1.82, 2.24) is 4.90 Å². The van der Waals surface area contributed by atoms with Gasteiger partial charge in [0.05, 0.1) is 12.1 Å². The van der Waals surface area contributed by atoms with Crippen LogP contribution in [0.2, 0.25) is 0 Å². The second-order valence-corrected chi connectivity index (χ2v) is 5.20. The van der Waals surface area contributed by atoms with Gasteiger partial charge in [0.15, 0.2) is 0 Å². The lowest BCUT2D eigenvalue weighted by atomic mass is 9.86. The third kappa shape index (κ3) is 2.93. The predicted octanol–water partition coefficient (Wildman–Crippen LogP) is 0.874. The Kier molecular flexibility index (Phi) is 3.35. The van der Waals surface area contributed by atoms with Gasteiger partial charge in [0.2, 0.25) is 5.91 Å². The van der Waals surface area contributed by atoms with Crippen LogP contribution in [0.25, 0.3) is 0 Å². The fourth-order valence-corrected chi connectivity index (χ4v) is 1.40. The maximum absolute atomic E-state index is 12.0. The summed E-state index contributed by atoms with van der Waals surface area (Å²) in [7, 11) is 0. The predicted molar refractivity (Wildman–Crippen MR) is 57.8 cm³/mol. The first-order chi connectivity index (χ1) is 6.88. The number of hydrogen-bond donors (Lipinski definition) is 1. The monoisotopic (exact) mass is 209 g/mol. The molecule has 1 aliphatic rings. The molecular weight excluding hydrogens is 190 g/mol. The van der Waals surface area contributed by atoms with E-state index in [9.17, 15) is 4.79 Å². The van der Waals surface area contributed by atoms with Gasteiger partial charge in [-0.3, -0.25) is 4.79 Å². The molecule has 1 fully saturated rings. The summed E-state index contributed by atoms with van der Waals surface area (Å²) in [5.74, 6) is -0.0912. The molecule has 0 aromatic rings. The van der Waals surface area contributed by atoms with Crippen molar-refractivity contribution in [2.45, 2.75) is 45.7 Å². The molecule has 0 spiro atoms. The van der Waals surface area contributed by atoms with Gasteiger partial charge in [0, 0.05) is 6.04 Å². The molecule has 0 heterocycles. The third-order valence-electron chi connectivity index (χ3n) is 2.71. The second-order valence-electron chi connectivity index (χ2n) is 5.20. The molecule has 0 radical (unpaired) electrons. The molecule has 1 unspecified atom stereocenters. The van der Waals surface area contributed by atoms with Crippen molar-refractivity contribution in [1.29, 1.82) is 5.26 Å². The van der Waals surface area contributed by atoms with Gasteiger partial charge in [0.25, 0.3) is 0 Å². The first-order valence-corrected chi connectivity index (χ1v) is 5.31. The average Bonchev–Trinajstić information content (AvgIpc) is 2.93. The molecule has 1 aliphatic carbocycles. The van der Waals surface area contributed by atoms with Crippen molar-refractivity contribution in [2.75, 3.05) is 6.54 Å². The zero-order chi connectivity index (χ0) is 11.6. The van der Waals surface area contributed by atoms with E-state index in [2.05, 4.69) is 0 Å². The maximum Gasteiger partial charge on any atom is 0.241 e. The van der Waals surface area contributed by atoms with Crippen LogP contribution in [0.5, 0.6) is 0 Å². The minimum atomic E-state index is -0.522. The fraction of sp³-hybridized carbons (Fsp3) is 0.818. The fourth-order valence-electron chi connectivity index (χ4n) is 1.40. The van der Waals surface area contributed by atoms with Crippen molar-refractivity contribution in [3.63, 3.8) is 0 Å². The minimum absolute atomic E-state index is 0.0912. The van der Waals surface area contributed by atoms with Crippen LogP contribution < -0.4 is 5.73 Å². The molecule has 0 aromatic carbocycles. The summed E-state index contributed by atoms with van der Waals surface area (Å²) < 4.78 is 0. The summed E-state index contributed by atoms with van der Waals surface area (Å²) in [5.41, 5.74) is 5.64. The first kappa shape index (κ1) is 12.0. The number of amides is 1. The summed E-state index contributed by atoms with van der Waals surface area (Å²) in [6.07, 6.45) is 2.01. The van der Waals surface area contributed by atoms with E-state index in [1.807, 2.05) is 26.8 Å². The molecule has 1 rings (SSSR count). The van der Waals surface area contributed by atoms with Gasteiger partial charge in [-0.05, 0) is 18.3 Å². The highest BCUT2D eigenvalue weighted by molar-refractivity contribution is 5.83. The summed E-state index contributed by atoms with van der Waals surface area (Å²) in [6, 6.07) is 1.76. The van der Waals surface area contributed by atoms with Crippen LogP contribution >= 0.6 is 0 Å². The highest BCUT2D eigenvalue weighted by Gasteiger charge is 2.38. The van der Waals surface area contributed by atoms with Gasteiger partial charge in [-0.25, -0.2) is 0 Å². The normalized spacial score (nSPS) is 18.1. The molecule has 2 N–H and O–H groups in total. The molecule has 1 amide bonds. The van der Waals surface area contributed by atoms with E-state index < -0.39 is 6.04 Å².